The van der Waals surface area contributed by atoms with Crippen molar-refractivity contribution >= 4 is 11.6 Å². The smallest absolute Gasteiger partial charge is 0.269 e. The van der Waals surface area contributed by atoms with Gasteiger partial charge in [0.2, 0.25) is 0 Å². The fourth-order valence-corrected chi connectivity index (χ4v) is 2.82. The molecule has 1 aromatic carbocycles. The number of amides is 1. The Hall–Kier alpha value is -2.35. The van der Waals surface area contributed by atoms with Crippen molar-refractivity contribution in [1.82, 2.24) is 9.91 Å². The minimum absolute atomic E-state index is 0.0204. The van der Waals surface area contributed by atoms with Gasteiger partial charge in [0, 0.05) is 27.2 Å². The van der Waals surface area contributed by atoms with Gasteiger partial charge in [-0.2, -0.15) is 10.4 Å². The first-order chi connectivity index (χ1) is 10.5. The number of nitrogens with zero attached hydrogens (tertiary/aromatic N) is 4. The molecule has 1 aromatic rings. The van der Waals surface area contributed by atoms with Gasteiger partial charge in [-0.1, -0.05) is 12.1 Å². The fraction of sp³-hybridized carbons (Fsp3) is 0.471. The third-order valence-corrected chi connectivity index (χ3v) is 3.95. The lowest BCUT2D eigenvalue weighted by Crippen LogP contribution is -2.41. The summed E-state index contributed by atoms with van der Waals surface area (Å²) in [5.41, 5.74) is 2.47. The summed E-state index contributed by atoms with van der Waals surface area (Å²) in [6.45, 7) is 3.27. The second-order valence-electron chi connectivity index (χ2n) is 5.83. The Morgan fingerprint density at radius 1 is 1.27 bits per heavy atom. The van der Waals surface area contributed by atoms with Crippen molar-refractivity contribution in [3.63, 3.8) is 0 Å². The third-order valence-electron chi connectivity index (χ3n) is 3.95. The fourth-order valence-electron chi connectivity index (χ4n) is 2.82. The zero-order valence-corrected chi connectivity index (χ0v) is 13.4. The molecule has 5 nitrogen and oxygen atoms in total. The molecule has 0 unspecified atom stereocenters. The molecule has 22 heavy (non-hydrogen) atoms. The monoisotopic (exact) mass is 298 g/mol. The lowest BCUT2D eigenvalue weighted by Gasteiger charge is -2.32. The van der Waals surface area contributed by atoms with E-state index in [0.717, 1.165) is 25.9 Å². The van der Waals surface area contributed by atoms with Crippen molar-refractivity contribution in [3.8, 4) is 6.07 Å². The van der Waals surface area contributed by atoms with Crippen LogP contribution >= 0.6 is 0 Å². The Morgan fingerprint density at radius 2 is 1.86 bits per heavy atom. The summed E-state index contributed by atoms with van der Waals surface area (Å²) in [5.74, 6) is 0.481. The number of carbonyl (C=O) groups excluding carboxylic acids is 1. The molecule has 0 saturated carbocycles. The second-order valence-corrected chi connectivity index (χ2v) is 5.83. The molecule has 0 radical (unpaired) electrons. The average Bonchev–Trinajstić information content (AvgIpc) is 2.54. The van der Waals surface area contributed by atoms with Gasteiger partial charge in [0.1, 0.15) is 5.71 Å². The molecule has 5 heteroatoms. The quantitative estimate of drug-likeness (QED) is 0.635. The number of carbonyl (C=O) groups is 1. The maximum Gasteiger partial charge on any atom is 0.269 e. The van der Waals surface area contributed by atoms with E-state index in [1.54, 1.807) is 11.9 Å². The van der Waals surface area contributed by atoms with E-state index in [-0.39, 0.29) is 5.91 Å². The van der Waals surface area contributed by atoms with Gasteiger partial charge < -0.3 is 9.91 Å². The standard InChI is InChI=1S/C17H22N4O/c1-13(19-20(2)3)17(22)21-10-8-16(9-11-21)15-6-4-14(12-18)5-7-15/h4-7,16H,8-11H2,1-3H3/b19-13+. The van der Waals surface area contributed by atoms with Gasteiger partial charge in [-0.25, -0.2) is 0 Å². The molecule has 1 heterocycles. The molecule has 1 aliphatic rings. The Labute approximate surface area is 131 Å². The summed E-state index contributed by atoms with van der Waals surface area (Å²) < 4.78 is 0. The predicted octanol–water partition coefficient (Wildman–Crippen LogP) is 2.20. The molecule has 1 saturated heterocycles. The SMILES string of the molecule is C/C(=N\N(C)C)C(=O)N1CCC(c2ccc(C#N)cc2)CC1. The molecule has 1 amide bonds. The second kappa shape index (κ2) is 7.08. The molecule has 0 bridgehead atoms. The lowest BCUT2D eigenvalue weighted by atomic mass is 9.89. The van der Waals surface area contributed by atoms with Crippen molar-refractivity contribution in [2.45, 2.75) is 25.7 Å². The Balaban J connectivity index is 1.95. The van der Waals surface area contributed by atoms with Gasteiger partial charge in [0.05, 0.1) is 11.6 Å². The zero-order valence-electron chi connectivity index (χ0n) is 13.4. The van der Waals surface area contributed by atoms with Gasteiger partial charge in [0.15, 0.2) is 0 Å². The van der Waals surface area contributed by atoms with Crippen LogP contribution < -0.4 is 0 Å². The number of nitriles is 1. The molecular weight excluding hydrogens is 276 g/mol. The summed E-state index contributed by atoms with van der Waals surface area (Å²) in [4.78, 5) is 14.2. The van der Waals surface area contributed by atoms with Crippen LogP contribution in [0.4, 0.5) is 0 Å². The molecule has 2 rings (SSSR count). The van der Waals surface area contributed by atoms with Crippen LogP contribution in [0.25, 0.3) is 0 Å². The van der Waals surface area contributed by atoms with E-state index in [0.29, 0.717) is 17.2 Å². The Morgan fingerprint density at radius 3 is 2.36 bits per heavy atom. The van der Waals surface area contributed by atoms with Crippen molar-refractivity contribution in [2.24, 2.45) is 5.10 Å². The van der Waals surface area contributed by atoms with Crippen LogP contribution in [0.1, 0.15) is 36.8 Å². The van der Waals surface area contributed by atoms with Crippen molar-refractivity contribution < 1.29 is 4.79 Å². The summed E-state index contributed by atoms with van der Waals surface area (Å²) in [5, 5.41) is 14.7. The van der Waals surface area contributed by atoms with Crippen LogP contribution in [0.3, 0.4) is 0 Å². The highest BCUT2D eigenvalue weighted by atomic mass is 16.2. The topological polar surface area (TPSA) is 59.7 Å². The summed E-state index contributed by atoms with van der Waals surface area (Å²) in [6.07, 6.45) is 1.90. The number of hydrazone groups is 1. The van der Waals surface area contributed by atoms with E-state index in [1.807, 2.05) is 43.3 Å². The molecule has 0 atom stereocenters. The summed E-state index contributed by atoms with van der Waals surface area (Å²) >= 11 is 0. The van der Waals surface area contributed by atoms with Crippen molar-refractivity contribution in [2.75, 3.05) is 27.2 Å². The molecular formula is C17H22N4O. The maximum atomic E-state index is 12.3. The van der Waals surface area contributed by atoms with Crippen molar-refractivity contribution in [3.05, 3.63) is 35.4 Å². The van der Waals surface area contributed by atoms with Crippen LogP contribution in [0.2, 0.25) is 0 Å². The number of rotatable bonds is 3. The number of hydrogen-bond acceptors (Lipinski definition) is 4. The van der Waals surface area contributed by atoms with Gasteiger partial charge in [0.25, 0.3) is 5.91 Å². The highest BCUT2D eigenvalue weighted by Crippen LogP contribution is 2.28. The number of likely N-dealkylation sites (tertiary alicyclic amines) is 1. The van der Waals surface area contributed by atoms with Gasteiger partial charge in [-0.05, 0) is 43.4 Å². The van der Waals surface area contributed by atoms with Gasteiger partial charge in [-0.15, -0.1) is 0 Å². The van der Waals surface area contributed by atoms with Gasteiger partial charge in [-0.3, -0.25) is 4.79 Å². The van der Waals surface area contributed by atoms with Crippen molar-refractivity contribution in [1.29, 1.82) is 5.26 Å². The van der Waals surface area contributed by atoms with Gasteiger partial charge >= 0.3 is 0 Å². The molecule has 0 spiro atoms. The van der Waals surface area contributed by atoms with E-state index >= 15 is 0 Å². The molecule has 0 aliphatic carbocycles. The maximum absolute atomic E-state index is 12.3. The highest BCUT2D eigenvalue weighted by molar-refractivity contribution is 6.37. The first-order valence-electron chi connectivity index (χ1n) is 7.53. The first kappa shape index (κ1) is 16.0. The Kier molecular flexibility index (Phi) is 5.16. The normalized spacial score (nSPS) is 16.3. The van der Waals surface area contributed by atoms with Crippen LogP contribution in [0.15, 0.2) is 29.4 Å². The first-order valence-corrected chi connectivity index (χ1v) is 7.53. The zero-order chi connectivity index (χ0) is 16.1. The van der Waals surface area contributed by atoms with E-state index in [4.69, 9.17) is 5.26 Å². The number of piperidine rings is 1. The summed E-state index contributed by atoms with van der Waals surface area (Å²) in [6, 6.07) is 9.92. The van der Waals surface area contributed by atoms with E-state index in [9.17, 15) is 4.79 Å². The summed E-state index contributed by atoms with van der Waals surface area (Å²) in [7, 11) is 3.63. The van der Waals surface area contributed by atoms with Crippen LogP contribution in [0.5, 0.6) is 0 Å². The molecule has 0 aromatic heterocycles. The van der Waals surface area contributed by atoms with E-state index in [1.165, 1.54) is 5.56 Å². The van der Waals surface area contributed by atoms with Crippen LogP contribution in [-0.4, -0.2) is 48.7 Å². The minimum atomic E-state index is 0.0204. The largest absolute Gasteiger partial charge is 0.338 e. The predicted molar refractivity (Wildman–Crippen MR) is 86.5 cm³/mol. The minimum Gasteiger partial charge on any atom is -0.338 e. The van der Waals surface area contributed by atoms with Crippen LogP contribution in [-0.2, 0) is 4.79 Å². The lowest BCUT2D eigenvalue weighted by molar-refractivity contribution is -0.125. The van der Waals surface area contributed by atoms with E-state index < -0.39 is 0 Å². The Bertz CT molecular complexity index is 590. The third kappa shape index (κ3) is 3.85. The number of hydrogen-bond donors (Lipinski definition) is 0. The molecule has 1 fully saturated rings. The molecule has 0 N–H and O–H groups in total. The van der Waals surface area contributed by atoms with Crippen LogP contribution in [0, 0.1) is 11.3 Å². The average molecular weight is 298 g/mol. The van der Waals surface area contributed by atoms with E-state index in [2.05, 4.69) is 11.2 Å². The molecule has 1 aliphatic heterocycles. The number of benzene rings is 1. The molecule has 116 valence electrons. The highest BCUT2D eigenvalue weighted by Gasteiger charge is 2.25.